The quantitative estimate of drug-likeness (QED) is 0.598. The van der Waals surface area contributed by atoms with E-state index < -0.39 is 16.0 Å². The van der Waals surface area contributed by atoms with Crippen LogP contribution in [0.3, 0.4) is 0 Å². The van der Waals surface area contributed by atoms with Crippen molar-refractivity contribution in [3.05, 3.63) is 101 Å². The lowest BCUT2D eigenvalue weighted by atomic mass is 9.92. The zero-order valence-electron chi connectivity index (χ0n) is 17.3. The van der Waals surface area contributed by atoms with Crippen molar-refractivity contribution >= 4 is 33.2 Å². The van der Waals surface area contributed by atoms with Crippen LogP contribution in [0.15, 0.2) is 93.9 Å². The molecule has 0 heterocycles. The summed E-state index contributed by atoms with van der Waals surface area (Å²) in [5, 5.41) is 13.9. The number of nitrogens with zero attached hydrogens (tertiary/aromatic N) is 1. The number of hydrogen-bond donors (Lipinski definition) is 1. The Morgan fingerprint density at radius 3 is 2.24 bits per heavy atom. The molecule has 0 saturated heterocycles. The fourth-order valence-corrected chi connectivity index (χ4v) is 4.33. The van der Waals surface area contributed by atoms with Crippen LogP contribution in [0.4, 0.5) is 5.69 Å². The Hall–Kier alpha value is -4.24. The summed E-state index contributed by atoms with van der Waals surface area (Å²) in [5.74, 6) is -1.24. The Bertz CT molecular complexity index is 1420. The number of sulfonamides is 1. The van der Waals surface area contributed by atoms with Crippen molar-refractivity contribution in [1.29, 1.82) is 0 Å². The Morgan fingerprint density at radius 2 is 1.58 bits per heavy atom. The van der Waals surface area contributed by atoms with Gasteiger partial charge in [-0.2, -0.15) is 12.8 Å². The number of carboxylic acid groups (broad SMARTS) is 1. The average Bonchev–Trinajstić information content (AvgIpc) is 2.82. The highest BCUT2D eigenvalue weighted by molar-refractivity contribution is 7.90. The summed E-state index contributed by atoms with van der Waals surface area (Å²) in [6.45, 7) is 0. The van der Waals surface area contributed by atoms with Gasteiger partial charge in [0.25, 0.3) is 10.0 Å². The smallest absolute Gasteiger partial charge is 0.282 e. The van der Waals surface area contributed by atoms with Crippen LogP contribution in [0.5, 0.6) is 5.75 Å². The summed E-state index contributed by atoms with van der Waals surface area (Å²) in [7, 11) is -2.71. The zero-order valence-corrected chi connectivity index (χ0v) is 18.1. The highest BCUT2D eigenvalue weighted by Crippen LogP contribution is 2.29. The van der Waals surface area contributed by atoms with E-state index in [4.69, 9.17) is 4.74 Å². The van der Waals surface area contributed by atoms with E-state index in [1.165, 1.54) is 13.2 Å². The molecule has 33 heavy (non-hydrogen) atoms. The summed E-state index contributed by atoms with van der Waals surface area (Å²) in [6, 6.07) is 18.1. The molecule has 0 spiro atoms. The second-order valence-corrected chi connectivity index (χ2v) is 8.63. The molecule has 1 aliphatic carbocycles. The first-order chi connectivity index (χ1) is 15.8. The molecule has 0 bridgehead atoms. The van der Waals surface area contributed by atoms with E-state index in [0.717, 1.165) is 24.3 Å². The summed E-state index contributed by atoms with van der Waals surface area (Å²) >= 11 is 0. The number of allylic oxidation sites excluding steroid dienone is 2. The Morgan fingerprint density at radius 1 is 0.939 bits per heavy atom. The van der Waals surface area contributed by atoms with Crippen molar-refractivity contribution in [2.75, 3.05) is 12.4 Å². The predicted molar refractivity (Wildman–Crippen MR) is 120 cm³/mol. The fourth-order valence-electron chi connectivity index (χ4n) is 3.34. The van der Waals surface area contributed by atoms with Crippen LogP contribution >= 0.6 is 0 Å². The average molecular weight is 461 g/mol. The lowest BCUT2D eigenvalue weighted by Gasteiger charge is -2.19. The molecule has 0 fully saturated rings. The maximum atomic E-state index is 13.1. The van der Waals surface area contributed by atoms with Crippen molar-refractivity contribution < 1.29 is 27.9 Å². The Kier molecular flexibility index (Phi) is 5.80. The van der Waals surface area contributed by atoms with E-state index in [-0.39, 0.29) is 27.7 Å². The molecule has 1 N–H and O–H groups in total. The minimum absolute atomic E-state index is 0.0616. The van der Waals surface area contributed by atoms with E-state index in [1.807, 2.05) is 0 Å². The first-order valence-electron chi connectivity index (χ1n) is 9.72. The van der Waals surface area contributed by atoms with Crippen molar-refractivity contribution in [2.45, 2.75) is 4.90 Å². The number of ketones is 1. The largest absolute Gasteiger partial charge is 0.545 e. The maximum Gasteiger partial charge on any atom is 0.282 e. The van der Waals surface area contributed by atoms with Crippen LogP contribution < -0.4 is 15.2 Å². The first-order valence-corrected chi connectivity index (χ1v) is 11.2. The number of Topliss-reactive ketones (excluding diaryl/α,β-unsaturated/α-hetero) is 1. The van der Waals surface area contributed by atoms with Gasteiger partial charge in [0.15, 0.2) is 0 Å². The number of aromatic carboxylic acids is 1. The second-order valence-electron chi connectivity index (χ2n) is 7.02. The number of anilines is 1. The van der Waals surface area contributed by atoms with Gasteiger partial charge in [0.1, 0.15) is 5.75 Å². The van der Waals surface area contributed by atoms with Gasteiger partial charge < -0.3 is 20.0 Å². The Labute approximate surface area is 189 Å². The van der Waals surface area contributed by atoms with Gasteiger partial charge in [-0.3, -0.25) is 4.79 Å². The molecule has 0 amide bonds. The van der Waals surface area contributed by atoms with Gasteiger partial charge in [0.2, 0.25) is 5.78 Å². The van der Waals surface area contributed by atoms with Crippen molar-refractivity contribution in [3.8, 4) is 5.75 Å². The van der Waals surface area contributed by atoms with Gasteiger partial charge in [0, 0.05) is 11.1 Å². The summed E-state index contributed by atoms with van der Waals surface area (Å²) in [4.78, 5) is 23.8. The lowest BCUT2D eigenvalue weighted by molar-refractivity contribution is -0.255. The molecule has 0 saturated carbocycles. The second kappa shape index (κ2) is 8.71. The van der Waals surface area contributed by atoms with Crippen LogP contribution in [0.25, 0.3) is 0 Å². The molecule has 0 aliphatic heterocycles. The number of hydrogen-bond acceptors (Lipinski definition) is 7. The molecule has 1 aliphatic rings. The number of carbonyl (C=O) groups is 2. The number of fused-ring (bicyclic) bond motifs is 1. The molecular weight excluding hydrogens is 444 g/mol. The maximum absolute atomic E-state index is 13.1. The van der Waals surface area contributed by atoms with Crippen LogP contribution in [-0.4, -0.2) is 33.0 Å². The van der Waals surface area contributed by atoms with Crippen LogP contribution in [-0.2, 0) is 10.0 Å². The zero-order chi connectivity index (χ0) is 23.6. The monoisotopic (exact) mass is 461 g/mol. The minimum atomic E-state index is -4.21. The summed E-state index contributed by atoms with van der Waals surface area (Å²) in [6.07, 6.45) is 1.37. The first kappa shape index (κ1) is 22.0. The molecule has 166 valence electrons. The van der Waals surface area contributed by atoms with Crippen molar-refractivity contribution in [3.63, 3.8) is 0 Å². The number of para-hydroxylation sites is 2. The van der Waals surface area contributed by atoms with Gasteiger partial charge in [-0.15, -0.1) is 0 Å². The van der Waals surface area contributed by atoms with Gasteiger partial charge in [-0.05, 0) is 35.9 Å². The van der Waals surface area contributed by atoms with Gasteiger partial charge in [-0.1, -0.05) is 48.5 Å². The third kappa shape index (κ3) is 4.39. The van der Waals surface area contributed by atoms with Gasteiger partial charge >= 0.3 is 0 Å². The van der Waals surface area contributed by atoms with Gasteiger partial charge in [0.05, 0.1) is 35.1 Å². The molecule has 4 rings (SSSR count). The molecule has 0 atom stereocenters. The summed E-state index contributed by atoms with van der Waals surface area (Å²) in [5.41, 5.74) is 1.21. The van der Waals surface area contributed by atoms with E-state index in [1.54, 1.807) is 48.5 Å². The molecule has 8 nitrogen and oxygen atoms in total. The SMILES string of the molecule is COc1ccccc1NC1=CC(=NS(=O)(=O)c2ccc(C(=O)[O-])cc2)c2ccccc2C1=O. The number of nitrogens with one attached hydrogen (secondary N) is 1. The molecule has 0 unspecified atom stereocenters. The predicted octanol–water partition coefficient (Wildman–Crippen LogP) is 2.43. The van der Waals surface area contributed by atoms with Gasteiger partial charge in [-0.25, -0.2) is 0 Å². The van der Waals surface area contributed by atoms with Crippen molar-refractivity contribution in [1.82, 2.24) is 0 Å². The minimum Gasteiger partial charge on any atom is -0.545 e. The highest BCUT2D eigenvalue weighted by Gasteiger charge is 2.26. The Balaban J connectivity index is 1.80. The number of benzene rings is 3. The number of carbonyl (C=O) groups excluding carboxylic acids is 2. The van der Waals surface area contributed by atoms with E-state index in [9.17, 15) is 23.1 Å². The molecule has 9 heteroatoms. The number of methoxy groups -OCH3 is 1. The highest BCUT2D eigenvalue weighted by atomic mass is 32.2. The van der Waals surface area contributed by atoms with Crippen LogP contribution in [0, 0.1) is 0 Å². The molecule has 0 aromatic heterocycles. The molecule has 0 radical (unpaired) electrons. The summed E-state index contributed by atoms with van der Waals surface area (Å²) < 4.78 is 35.1. The van der Waals surface area contributed by atoms with Crippen LogP contribution in [0.2, 0.25) is 0 Å². The normalized spacial score (nSPS) is 14.4. The third-order valence-electron chi connectivity index (χ3n) is 4.96. The number of rotatable bonds is 6. The lowest BCUT2D eigenvalue weighted by Crippen LogP contribution is -2.23. The molecule has 3 aromatic rings. The third-order valence-corrected chi connectivity index (χ3v) is 6.26. The van der Waals surface area contributed by atoms with Crippen molar-refractivity contribution in [2.24, 2.45) is 4.40 Å². The molecule has 3 aromatic carbocycles. The van der Waals surface area contributed by atoms with E-state index in [2.05, 4.69) is 9.71 Å². The van der Waals surface area contributed by atoms with E-state index in [0.29, 0.717) is 22.6 Å². The van der Waals surface area contributed by atoms with Crippen LogP contribution in [0.1, 0.15) is 26.3 Å². The molecular formula is C24H17N2O6S-. The fraction of sp³-hybridized carbons (Fsp3) is 0.0417. The number of ether oxygens (including phenoxy) is 1. The number of carboxylic acids is 1. The topological polar surface area (TPSA) is 125 Å². The standard InChI is InChI=1S/C24H18N2O6S/c1-32-22-9-5-4-8-19(22)25-21-14-20(17-6-2-3-7-18(17)23(21)27)26-33(30,31)16-12-10-15(11-13-16)24(28)29/h2-14,25H,1H3,(H,28,29)/p-1. The van der Waals surface area contributed by atoms with E-state index >= 15 is 0 Å².